The molecule has 25 heavy (non-hydrogen) atoms. The number of hydrogen-bond donors (Lipinski definition) is 1. The molecule has 2 heterocycles. The number of methoxy groups -OCH3 is 1. The Bertz CT molecular complexity index is 860. The van der Waals surface area contributed by atoms with Crippen LogP contribution in [-0.4, -0.2) is 46.0 Å². The van der Waals surface area contributed by atoms with E-state index in [-0.39, 0.29) is 5.91 Å². The van der Waals surface area contributed by atoms with Crippen LogP contribution in [0.25, 0.3) is 17.0 Å². The SMILES string of the molecule is CCC(=O)NCCOc1ccc2nnc(-c3ccc(OC)cc3)n2n1. The molecule has 1 N–H and O–H groups in total. The highest BCUT2D eigenvalue weighted by molar-refractivity contribution is 5.75. The van der Waals surface area contributed by atoms with Crippen molar-refractivity contribution in [1.82, 2.24) is 25.1 Å². The van der Waals surface area contributed by atoms with Gasteiger partial charge in [-0.05, 0) is 30.3 Å². The normalized spacial score (nSPS) is 10.6. The number of fused-ring (bicyclic) bond motifs is 1. The van der Waals surface area contributed by atoms with E-state index in [1.165, 1.54) is 0 Å². The molecule has 2 aromatic heterocycles. The van der Waals surface area contributed by atoms with Gasteiger partial charge < -0.3 is 14.8 Å². The van der Waals surface area contributed by atoms with Crippen LogP contribution in [0.4, 0.5) is 0 Å². The molecule has 0 radical (unpaired) electrons. The lowest BCUT2D eigenvalue weighted by molar-refractivity contribution is -0.120. The van der Waals surface area contributed by atoms with Crippen molar-refractivity contribution in [3.63, 3.8) is 0 Å². The molecule has 0 aliphatic carbocycles. The summed E-state index contributed by atoms with van der Waals surface area (Å²) in [6.45, 7) is 2.57. The lowest BCUT2D eigenvalue weighted by Crippen LogP contribution is -2.27. The van der Waals surface area contributed by atoms with Crippen LogP contribution in [0.1, 0.15) is 13.3 Å². The molecule has 130 valence electrons. The van der Waals surface area contributed by atoms with Crippen molar-refractivity contribution in [2.24, 2.45) is 0 Å². The Morgan fingerprint density at radius 1 is 1.16 bits per heavy atom. The minimum absolute atomic E-state index is 0.00684. The molecule has 8 nitrogen and oxygen atoms in total. The number of nitrogens with zero attached hydrogens (tertiary/aromatic N) is 4. The summed E-state index contributed by atoms with van der Waals surface area (Å²) in [5.41, 5.74) is 1.49. The number of ether oxygens (including phenoxy) is 2. The molecular weight excluding hydrogens is 322 g/mol. The molecule has 3 rings (SSSR count). The van der Waals surface area contributed by atoms with Crippen LogP contribution in [0, 0.1) is 0 Å². The van der Waals surface area contributed by atoms with Gasteiger partial charge in [0, 0.05) is 18.1 Å². The Hall–Kier alpha value is -3.16. The summed E-state index contributed by atoms with van der Waals surface area (Å²) in [5.74, 6) is 1.81. The summed E-state index contributed by atoms with van der Waals surface area (Å²) in [4.78, 5) is 11.2. The minimum atomic E-state index is -0.00684. The minimum Gasteiger partial charge on any atom is -0.497 e. The first kappa shape index (κ1) is 16.7. The zero-order valence-electron chi connectivity index (χ0n) is 14.1. The molecule has 8 heteroatoms. The van der Waals surface area contributed by atoms with Crippen molar-refractivity contribution in [2.75, 3.05) is 20.3 Å². The van der Waals surface area contributed by atoms with Gasteiger partial charge in [-0.1, -0.05) is 6.92 Å². The van der Waals surface area contributed by atoms with Gasteiger partial charge in [-0.2, -0.15) is 4.52 Å². The zero-order valence-corrected chi connectivity index (χ0v) is 14.1. The lowest BCUT2D eigenvalue weighted by atomic mass is 10.2. The van der Waals surface area contributed by atoms with E-state index in [4.69, 9.17) is 9.47 Å². The molecule has 0 aliphatic rings. The fourth-order valence-corrected chi connectivity index (χ4v) is 2.24. The monoisotopic (exact) mass is 341 g/mol. The first-order valence-electron chi connectivity index (χ1n) is 7.97. The summed E-state index contributed by atoms with van der Waals surface area (Å²) >= 11 is 0. The molecule has 0 unspecified atom stereocenters. The number of carbonyl (C=O) groups excluding carboxylic acids is 1. The van der Waals surface area contributed by atoms with Crippen molar-refractivity contribution >= 4 is 11.6 Å². The van der Waals surface area contributed by atoms with Gasteiger partial charge in [0.1, 0.15) is 12.4 Å². The van der Waals surface area contributed by atoms with E-state index < -0.39 is 0 Å². The molecular formula is C17H19N5O3. The van der Waals surface area contributed by atoms with Gasteiger partial charge in [0.15, 0.2) is 11.5 Å². The largest absolute Gasteiger partial charge is 0.497 e. The second-order valence-corrected chi connectivity index (χ2v) is 5.25. The quantitative estimate of drug-likeness (QED) is 0.658. The highest BCUT2D eigenvalue weighted by atomic mass is 16.5. The Balaban J connectivity index is 1.76. The van der Waals surface area contributed by atoms with Gasteiger partial charge >= 0.3 is 0 Å². The third-order valence-electron chi connectivity index (χ3n) is 3.58. The number of rotatable bonds is 7. The molecule has 0 bridgehead atoms. The predicted molar refractivity (Wildman–Crippen MR) is 91.6 cm³/mol. The molecule has 1 aromatic carbocycles. The van der Waals surface area contributed by atoms with Gasteiger partial charge in [0.05, 0.1) is 13.7 Å². The van der Waals surface area contributed by atoms with Crippen LogP contribution in [0.3, 0.4) is 0 Å². The number of benzene rings is 1. The van der Waals surface area contributed by atoms with Crippen molar-refractivity contribution in [1.29, 1.82) is 0 Å². The third-order valence-corrected chi connectivity index (χ3v) is 3.58. The molecule has 1 amide bonds. The standard InChI is InChI=1S/C17H19N5O3/c1-3-15(23)18-10-11-25-16-9-8-14-19-20-17(22(14)21-16)12-4-6-13(24-2)7-5-12/h4-9H,3,10-11H2,1-2H3,(H,18,23). The molecule has 0 spiro atoms. The number of nitrogens with one attached hydrogen (secondary N) is 1. The number of aromatic nitrogens is 4. The summed E-state index contributed by atoms with van der Waals surface area (Å²) in [6, 6.07) is 11.0. The third kappa shape index (κ3) is 3.85. The van der Waals surface area contributed by atoms with E-state index in [1.54, 1.807) is 30.7 Å². The van der Waals surface area contributed by atoms with E-state index in [1.807, 2.05) is 24.3 Å². The van der Waals surface area contributed by atoms with Crippen molar-refractivity contribution < 1.29 is 14.3 Å². The van der Waals surface area contributed by atoms with E-state index in [2.05, 4.69) is 20.6 Å². The first-order valence-corrected chi connectivity index (χ1v) is 7.97. The maximum absolute atomic E-state index is 11.2. The molecule has 0 aliphatic heterocycles. The second kappa shape index (κ2) is 7.61. The highest BCUT2D eigenvalue weighted by Gasteiger charge is 2.10. The average Bonchev–Trinajstić information content (AvgIpc) is 3.08. The summed E-state index contributed by atoms with van der Waals surface area (Å²) in [7, 11) is 1.62. The van der Waals surface area contributed by atoms with Gasteiger partial charge in [-0.15, -0.1) is 15.3 Å². The van der Waals surface area contributed by atoms with Gasteiger partial charge in [-0.25, -0.2) is 0 Å². The van der Waals surface area contributed by atoms with Crippen LogP contribution in [0.5, 0.6) is 11.6 Å². The maximum Gasteiger partial charge on any atom is 0.231 e. The topological polar surface area (TPSA) is 90.6 Å². The van der Waals surface area contributed by atoms with Gasteiger partial charge in [0.25, 0.3) is 0 Å². The number of carbonyl (C=O) groups is 1. The first-order chi connectivity index (χ1) is 12.2. The number of hydrogen-bond acceptors (Lipinski definition) is 6. The molecule has 0 saturated carbocycles. The predicted octanol–water partition coefficient (Wildman–Crippen LogP) is 1.70. The van der Waals surface area contributed by atoms with Gasteiger partial charge in [0.2, 0.25) is 11.8 Å². The van der Waals surface area contributed by atoms with Crippen LogP contribution < -0.4 is 14.8 Å². The van der Waals surface area contributed by atoms with Crippen molar-refractivity contribution in [3.8, 4) is 23.0 Å². The Labute approximate surface area is 144 Å². The van der Waals surface area contributed by atoms with E-state index >= 15 is 0 Å². The Kier molecular flexibility index (Phi) is 5.08. The smallest absolute Gasteiger partial charge is 0.231 e. The van der Waals surface area contributed by atoms with Crippen LogP contribution in [-0.2, 0) is 4.79 Å². The Morgan fingerprint density at radius 2 is 1.96 bits per heavy atom. The van der Waals surface area contributed by atoms with Crippen molar-refractivity contribution in [3.05, 3.63) is 36.4 Å². The van der Waals surface area contributed by atoms with E-state index in [0.29, 0.717) is 36.9 Å². The lowest BCUT2D eigenvalue weighted by Gasteiger charge is -2.07. The highest BCUT2D eigenvalue weighted by Crippen LogP contribution is 2.21. The fraction of sp³-hybridized carbons (Fsp3) is 0.294. The molecule has 0 atom stereocenters. The molecule has 0 fully saturated rings. The second-order valence-electron chi connectivity index (χ2n) is 5.25. The van der Waals surface area contributed by atoms with Crippen LogP contribution >= 0.6 is 0 Å². The summed E-state index contributed by atoms with van der Waals surface area (Å²) in [5, 5.41) is 15.5. The number of amides is 1. The summed E-state index contributed by atoms with van der Waals surface area (Å²) in [6.07, 6.45) is 0.455. The van der Waals surface area contributed by atoms with Crippen LogP contribution in [0.2, 0.25) is 0 Å². The van der Waals surface area contributed by atoms with Gasteiger partial charge in [-0.3, -0.25) is 4.79 Å². The zero-order chi connectivity index (χ0) is 17.6. The fourth-order valence-electron chi connectivity index (χ4n) is 2.24. The molecule has 0 saturated heterocycles. The maximum atomic E-state index is 11.2. The van der Waals surface area contributed by atoms with Crippen LogP contribution in [0.15, 0.2) is 36.4 Å². The Morgan fingerprint density at radius 3 is 2.68 bits per heavy atom. The van der Waals surface area contributed by atoms with E-state index in [0.717, 1.165) is 11.3 Å². The molecule has 3 aromatic rings. The summed E-state index contributed by atoms with van der Waals surface area (Å²) < 4.78 is 12.4. The van der Waals surface area contributed by atoms with E-state index in [9.17, 15) is 4.79 Å². The van der Waals surface area contributed by atoms with Crippen molar-refractivity contribution in [2.45, 2.75) is 13.3 Å². The average molecular weight is 341 g/mol.